The fourth-order valence-corrected chi connectivity index (χ4v) is 3.26. The van der Waals surface area contributed by atoms with Gasteiger partial charge in [-0.15, -0.1) is 0 Å². The van der Waals surface area contributed by atoms with E-state index in [9.17, 15) is 14.4 Å². The number of nitrogens with zero attached hydrogens (tertiary/aromatic N) is 1. The first-order valence-electron chi connectivity index (χ1n) is 9.08. The molecule has 1 fully saturated rings. The van der Waals surface area contributed by atoms with Crippen LogP contribution in [0.1, 0.15) is 22.3 Å². The third kappa shape index (κ3) is 4.22. The Morgan fingerprint density at radius 3 is 2.34 bits per heavy atom. The van der Waals surface area contributed by atoms with E-state index in [0.717, 1.165) is 10.5 Å². The van der Waals surface area contributed by atoms with E-state index in [4.69, 9.17) is 9.47 Å². The van der Waals surface area contributed by atoms with Gasteiger partial charge >= 0.3 is 5.97 Å². The number of benzene rings is 2. The molecule has 0 radical (unpaired) electrons. The molecule has 0 aliphatic carbocycles. The normalized spacial score (nSPS) is 16.1. The van der Waals surface area contributed by atoms with Crippen LogP contribution in [-0.4, -0.2) is 45.2 Å². The first-order chi connectivity index (χ1) is 14.0. The van der Waals surface area contributed by atoms with Gasteiger partial charge in [-0.25, -0.2) is 9.69 Å². The maximum atomic E-state index is 12.8. The van der Waals surface area contributed by atoms with Crippen molar-refractivity contribution in [2.75, 3.05) is 26.2 Å². The van der Waals surface area contributed by atoms with E-state index in [-0.39, 0.29) is 18.2 Å². The van der Waals surface area contributed by atoms with Gasteiger partial charge in [-0.2, -0.15) is 0 Å². The van der Waals surface area contributed by atoms with E-state index in [1.54, 1.807) is 32.4 Å². The number of imide groups is 1. The van der Waals surface area contributed by atoms with Gasteiger partial charge in [-0.1, -0.05) is 0 Å². The molecule has 1 aliphatic rings. The summed E-state index contributed by atoms with van der Waals surface area (Å²) in [5.41, 5.74) is 1.74. The zero-order chi connectivity index (χ0) is 21.0. The Hall–Kier alpha value is -3.39. The van der Waals surface area contributed by atoms with E-state index in [1.807, 2.05) is 17.4 Å². The highest BCUT2D eigenvalue weighted by molar-refractivity contribution is 6.21. The maximum absolute atomic E-state index is 12.8. The topological polar surface area (TPSA) is 98.8 Å². The molecule has 0 aromatic heterocycles. The SMILES string of the molecule is COC(=O)c1ccc(N2C(=O)CC([NH2+]Cc3ccc(OC)c(OC)c3)C2=O)cc1. The molecule has 8 heteroatoms. The molecule has 2 aromatic rings. The predicted molar refractivity (Wildman–Crippen MR) is 104 cm³/mol. The van der Waals surface area contributed by atoms with Gasteiger partial charge in [0.05, 0.1) is 39.0 Å². The zero-order valence-electron chi connectivity index (χ0n) is 16.5. The first kappa shape index (κ1) is 20.3. The summed E-state index contributed by atoms with van der Waals surface area (Å²) in [4.78, 5) is 37.9. The Labute approximate surface area is 168 Å². The van der Waals surface area contributed by atoms with Gasteiger partial charge in [0.1, 0.15) is 6.54 Å². The molecule has 2 N–H and O–H groups in total. The summed E-state index contributed by atoms with van der Waals surface area (Å²) < 4.78 is 15.2. The summed E-state index contributed by atoms with van der Waals surface area (Å²) >= 11 is 0. The van der Waals surface area contributed by atoms with Gasteiger partial charge in [0.2, 0.25) is 5.91 Å². The molecular weight excluding hydrogens is 376 g/mol. The van der Waals surface area contributed by atoms with Crippen molar-refractivity contribution in [2.24, 2.45) is 0 Å². The number of amides is 2. The van der Waals surface area contributed by atoms with Gasteiger partial charge in [0, 0.05) is 5.56 Å². The number of nitrogens with two attached hydrogens (primary N) is 1. The van der Waals surface area contributed by atoms with Gasteiger partial charge in [-0.3, -0.25) is 9.59 Å². The number of carbonyl (C=O) groups is 3. The van der Waals surface area contributed by atoms with Crippen LogP contribution in [0.3, 0.4) is 0 Å². The Balaban J connectivity index is 1.68. The molecule has 1 atom stereocenters. The summed E-state index contributed by atoms with van der Waals surface area (Å²) in [6.45, 7) is 0.513. The van der Waals surface area contributed by atoms with Crippen molar-refractivity contribution in [3.05, 3.63) is 53.6 Å². The summed E-state index contributed by atoms with van der Waals surface area (Å²) in [5.74, 6) is 0.219. The summed E-state index contributed by atoms with van der Waals surface area (Å²) in [6, 6.07) is 11.2. The van der Waals surface area contributed by atoms with Crippen molar-refractivity contribution in [2.45, 2.75) is 19.0 Å². The second-order valence-corrected chi connectivity index (χ2v) is 6.55. The quantitative estimate of drug-likeness (QED) is 0.548. The average Bonchev–Trinajstić information content (AvgIpc) is 3.04. The number of ether oxygens (including phenoxy) is 3. The molecule has 0 spiro atoms. The molecule has 8 nitrogen and oxygen atoms in total. The molecular formula is C21H23N2O6+. The minimum Gasteiger partial charge on any atom is -0.493 e. The Morgan fingerprint density at radius 1 is 1.03 bits per heavy atom. The maximum Gasteiger partial charge on any atom is 0.337 e. The second-order valence-electron chi connectivity index (χ2n) is 6.55. The molecule has 0 saturated carbocycles. The van der Waals surface area contributed by atoms with Crippen LogP contribution < -0.4 is 19.7 Å². The summed E-state index contributed by atoms with van der Waals surface area (Å²) in [5, 5.41) is 1.84. The van der Waals surface area contributed by atoms with Crippen molar-refractivity contribution in [3.8, 4) is 11.5 Å². The molecule has 1 unspecified atom stereocenters. The molecule has 1 saturated heterocycles. The smallest absolute Gasteiger partial charge is 0.337 e. The van der Waals surface area contributed by atoms with Crippen molar-refractivity contribution in [3.63, 3.8) is 0 Å². The van der Waals surface area contributed by atoms with E-state index in [2.05, 4.69) is 4.74 Å². The highest BCUT2D eigenvalue weighted by Crippen LogP contribution is 2.27. The molecule has 2 aromatic carbocycles. The number of carbonyl (C=O) groups excluding carboxylic acids is 3. The largest absolute Gasteiger partial charge is 0.493 e. The van der Waals surface area contributed by atoms with Crippen LogP contribution >= 0.6 is 0 Å². The standard InChI is InChI=1S/C21H22N2O6/c1-27-17-9-4-13(10-18(17)28-2)12-22-16-11-19(24)23(20(16)25)15-7-5-14(6-8-15)21(26)29-3/h4-10,16,22H,11-12H2,1-3H3/p+1. The van der Waals surface area contributed by atoms with E-state index in [1.165, 1.54) is 19.2 Å². The zero-order valence-corrected chi connectivity index (χ0v) is 16.5. The monoisotopic (exact) mass is 399 g/mol. The van der Waals surface area contributed by atoms with Crippen LogP contribution in [0.4, 0.5) is 5.69 Å². The predicted octanol–water partition coefficient (Wildman–Crippen LogP) is 0.886. The Morgan fingerprint density at radius 2 is 1.72 bits per heavy atom. The lowest BCUT2D eigenvalue weighted by Crippen LogP contribution is -2.90. The lowest BCUT2D eigenvalue weighted by atomic mass is 10.1. The molecule has 0 bridgehead atoms. The minimum absolute atomic E-state index is 0.116. The molecule has 1 heterocycles. The molecule has 3 rings (SSSR count). The van der Waals surface area contributed by atoms with Crippen LogP contribution in [-0.2, 0) is 20.9 Å². The fraction of sp³-hybridized carbons (Fsp3) is 0.286. The number of anilines is 1. The number of methoxy groups -OCH3 is 3. The fourth-order valence-electron chi connectivity index (χ4n) is 3.26. The van der Waals surface area contributed by atoms with Crippen molar-refractivity contribution in [1.29, 1.82) is 0 Å². The molecule has 2 amide bonds. The third-order valence-electron chi connectivity index (χ3n) is 4.81. The Bertz CT molecular complexity index is 925. The number of hydrogen-bond acceptors (Lipinski definition) is 6. The van der Waals surface area contributed by atoms with Gasteiger partial charge in [-0.05, 0) is 42.5 Å². The summed E-state index contributed by atoms with van der Waals surface area (Å²) in [7, 11) is 4.43. The van der Waals surface area contributed by atoms with Crippen LogP contribution in [0, 0.1) is 0 Å². The van der Waals surface area contributed by atoms with Crippen LogP contribution in [0.2, 0.25) is 0 Å². The lowest BCUT2D eigenvalue weighted by Gasteiger charge is -2.15. The molecule has 1 aliphatic heterocycles. The van der Waals surface area contributed by atoms with Crippen molar-refractivity contribution in [1.82, 2.24) is 0 Å². The van der Waals surface area contributed by atoms with Crippen LogP contribution in [0.15, 0.2) is 42.5 Å². The van der Waals surface area contributed by atoms with Crippen molar-refractivity contribution < 1.29 is 33.9 Å². The van der Waals surface area contributed by atoms with Gasteiger partial charge < -0.3 is 19.5 Å². The van der Waals surface area contributed by atoms with E-state index >= 15 is 0 Å². The van der Waals surface area contributed by atoms with E-state index in [0.29, 0.717) is 29.3 Å². The number of esters is 1. The van der Waals surface area contributed by atoms with Crippen molar-refractivity contribution >= 4 is 23.5 Å². The number of rotatable bonds is 7. The highest BCUT2D eigenvalue weighted by Gasteiger charge is 2.42. The molecule has 29 heavy (non-hydrogen) atoms. The summed E-state index contributed by atoms with van der Waals surface area (Å²) in [6.07, 6.45) is 0.116. The number of hydrogen-bond donors (Lipinski definition) is 1. The number of quaternary nitrogens is 1. The van der Waals surface area contributed by atoms with Crippen LogP contribution in [0.5, 0.6) is 11.5 Å². The molecule has 152 valence electrons. The highest BCUT2D eigenvalue weighted by atomic mass is 16.5. The third-order valence-corrected chi connectivity index (χ3v) is 4.81. The van der Waals surface area contributed by atoms with Gasteiger partial charge in [0.15, 0.2) is 17.5 Å². The lowest BCUT2D eigenvalue weighted by molar-refractivity contribution is -0.690. The first-order valence-corrected chi connectivity index (χ1v) is 9.08. The average molecular weight is 399 g/mol. The van der Waals surface area contributed by atoms with Crippen LogP contribution in [0.25, 0.3) is 0 Å². The van der Waals surface area contributed by atoms with E-state index < -0.39 is 12.0 Å². The Kier molecular flexibility index (Phi) is 6.13. The van der Waals surface area contributed by atoms with Gasteiger partial charge in [0.25, 0.3) is 5.91 Å². The minimum atomic E-state index is -0.504. The second kappa shape index (κ2) is 8.74.